The fraction of sp³-hybridized carbons (Fsp3) is 0.294. The molecule has 0 aliphatic heterocycles. The minimum Gasteiger partial charge on any atom is -0.493 e. The van der Waals surface area contributed by atoms with Crippen molar-refractivity contribution in [3.05, 3.63) is 212 Å². The Morgan fingerprint density at radius 2 is 0.417 bits per heavy atom. The molecule has 72 heavy (non-hydrogen) atoms. The van der Waals surface area contributed by atoms with Crippen molar-refractivity contribution in [3.8, 4) is 67.5 Å². The van der Waals surface area contributed by atoms with Crippen LogP contribution in [-0.2, 0) is 25.7 Å². The zero-order valence-electron chi connectivity index (χ0n) is 44.0. The predicted molar refractivity (Wildman–Crippen MR) is 301 cm³/mol. The topological polar surface area (TPSA) is 36.9 Å². The van der Waals surface area contributed by atoms with Gasteiger partial charge in [-0.15, -0.1) is 0 Å². The highest BCUT2D eigenvalue weighted by molar-refractivity contribution is 5.75. The van der Waals surface area contributed by atoms with Crippen molar-refractivity contribution in [2.75, 3.05) is 26.4 Å². The maximum atomic E-state index is 7.07. The van der Waals surface area contributed by atoms with Crippen LogP contribution in [-0.4, -0.2) is 26.4 Å². The Balaban J connectivity index is 1.41. The molecule has 0 saturated heterocycles. The lowest BCUT2D eigenvalue weighted by Crippen LogP contribution is -2.11. The quantitative estimate of drug-likeness (QED) is 0.0967. The molecule has 0 atom stereocenters. The molecule has 8 aromatic carbocycles. The highest BCUT2D eigenvalue weighted by atomic mass is 16.5. The van der Waals surface area contributed by atoms with Gasteiger partial charge in [-0.3, -0.25) is 0 Å². The minimum absolute atomic E-state index is 0.601. The van der Waals surface area contributed by atoms with Gasteiger partial charge in [0, 0.05) is 25.7 Å². The first-order chi connectivity index (χ1) is 35.1. The molecule has 8 aromatic rings. The number of hydrogen-bond donors (Lipinski definition) is 0. The molecule has 0 spiro atoms. The van der Waals surface area contributed by atoms with E-state index < -0.39 is 0 Å². The second-order valence-corrected chi connectivity index (χ2v) is 20.1. The first kappa shape index (κ1) is 49.9. The van der Waals surface area contributed by atoms with E-state index in [1.165, 1.54) is 44.5 Å². The first-order valence-electron chi connectivity index (χ1n) is 26.5. The number of benzene rings is 8. The van der Waals surface area contributed by atoms with Crippen molar-refractivity contribution in [1.29, 1.82) is 0 Å². The maximum Gasteiger partial charge on any atom is 0.126 e. The molecule has 0 aromatic heterocycles. The zero-order valence-corrected chi connectivity index (χ0v) is 44.0. The van der Waals surface area contributed by atoms with Gasteiger partial charge in [0.15, 0.2) is 0 Å². The average molecular weight is 953 g/mol. The standard InChI is InChI=1S/C68H72O4/c1-9-29-69-65-57-33-53(49-21-13-45(5)14-22-49)34-58(65)42-60-36-55(51-25-17-47(7)18-26-51)38-62(67(60)71-31-11-3)44-64-40-56(52-27-19-48(8)20-28-52)39-63(68(64)72-32-12-4)43-61-37-54(50-23-15-46(6)16-24-50)35-59(41-57)66(61)70-30-10-2/h13-28,33-40H,9-12,29-32,41-44H2,1-8H3. The fourth-order valence-corrected chi connectivity index (χ4v) is 10.1. The molecule has 368 valence electrons. The minimum atomic E-state index is 0.601. The highest BCUT2D eigenvalue weighted by Crippen LogP contribution is 2.44. The molecule has 8 bridgehead atoms. The number of aryl methyl sites for hydroxylation is 4. The summed E-state index contributed by atoms with van der Waals surface area (Å²) >= 11 is 0. The molecule has 0 heterocycles. The van der Waals surface area contributed by atoms with Crippen LogP contribution in [0.1, 0.15) is 120 Å². The maximum absolute atomic E-state index is 7.07. The van der Waals surface area contributed by atoms with E-state index in [2.05, 4.69) is 201 Å². The van der Waals surface area contributed by atoms with Crippen molar-refractivity contribution in [2.45, 2.75) is 107 Å². The lowest BCUT2D eigenvalue weighted by atomic mass is 9.86. The second-order valence-electron chi connectivity index (χ2n) is 20.1. The summed E-state index contributed by atoms with van der Waals surface area (Å²) in [6, 6.07) is 54.8. The largest absolute Gasteiger partial charge is 0.493 e. The first-order valence-corrected chi connectivity index (χ1v) is 26.5. The van der Waals surface area contributed by atoms with Crippen LogP contribution in [0.4, 0.5) is 0 Å². The fourth-order valence-electron chi connectivity index (χ4n) is 10.1. The van der Waals surface area contributed by atoms with E-state index in [1.807, 2.05) is 0 Å². The molecule has 1 aliphatic carbocycles. The number of hydrogen-bond acceptors (Lipinski definition) is 4. The van der Waals surface area contributed by atoms with E-state index in [0.717, 1.165) is 115 Å². The van der Waals surface area contributed by atoms with Gasteiger partial charge in [-0.05, 0) is 191 Å². The molecule has 0 fully saturated rings. The Labute approximate surface area is 430 Å². The summed E-state index contributed by atoms with van der Waals surface area (Å²) in [6.07, 6.45) is 5.99. The summed E-state index contributed by atoms with van der Waals surface area (Å²) in [7, 11) is 0. The van der Waals surface area contributed by atoms with Crippen molar-refractivity contribution in [3.63, 3.8) is 0 Å². The van der Waals surface area contributed by atoms with Gasteiger partial charge in [-0.2, -0.15) is 0 Å². The van der Waals surface area contributed by atoms with Crippen LogP contribution in [0.25, 0.3) is 44.5 Å². The van der Waals surface area contributed by atoms with Crippen LogP contribution in [0, 0.1) is 27.7 Å². The van der Waals surface area contributed by atoms with E-state index in [1.54, 1.807) is 0 Å². The average Bonchev–Trinajstić information content (AvgIpc) is 3.38. The van der Waals surface area contributed by atoms with Crippen molar-refractivity contribution >= 4 is 0 Å². The molecule has 1 aliphatic rings. The third-order valence-corrected chi connectivity index (χ3v) is 13.8. The highest BCUT2D eigenvalue weighted by Gasteiger charge is 2.26. The smallest absolute Gasteiger partial charge is 0.126 e. The lowest BCUT2D eigenvalue weighted by Gasteiger charge is -2.25. The van der Waals surface area contributed by atoms with Gasteiger partial charge in [0.2, 0.25) is 0 Å². The van der Waals surface area contributed by atoms with E-state index in [-0.39, 0.29) is 0 Å². The summed E-state index contributed by atoms with van der Waals surface area (Å²) in [5.41, 5.74) is 23.4. The Hall–Kier alpha value is -7.04. The van der Waals surface area contributed by atoms with E-state index in [0.29, 0.717) is 52.1 Å². The third kappa shape index (κ3) is 11.5. The summed E-state index contributed by atoms with van der Waals surface area (Å²) in [4.78, 5) is 0. The van der Waals surface area contributed by atoms with Gasteiger partial charge in [-0.25, -0.2) is 0 Å². The van der Waals surface area contributed by atoms with Crippen LogP contribution < -0.4 is 18.9 Å². The third-order valence-electron chi connectivity index (χ3n) is 13.8. The molecular weight excluding hydrogens is 881 g/mol. The molecule has 0 radical (unpaired) electrons. The van der Waals surface area contributed by atoms with Crippen LogP contribution in [0.3, 0.4) is 0 Å². The molecular formula is C68H72O4. The van der Waals surface area contributed by atoms with Crippen LogP contribution in [0.5, 0.6) is 23.0 Å². The second kappa shape index (κ2) is 23.0. The van der Waals surface area contributed by atoms with Crippen molar-refractivity contribution in [1.82, 2.24) is 0 Å². The molecule has 0 amide bonds. The summed E-state index contributed by atoms with van der Waals surface area (Å²) in [5, 5.41) is 0. The molecule has 0 unspecified atom stereocenters. The van der Waals surface area contributed by atoms with Gasteiger partial charge < -0.3 is 18.9 Å². The predicted octanol–water partition coefficient (Wildman–Crippen LogP) is 17.4. The summed E-state index contributed by atoms with van der Waals surface area (Å²) < 4.78 is 28.3. The molecule has 4 heteroatoms. The Morgan fingerprint density at radius 1 is 0.250 bits per heavy atom. The monoisotopic (exact) mass is 953 g/mol. The Kier molecular flexibility index (Phi) is 16.0. The molecule has 9 rings (SSSR count). The number of ether oxygens (including phenoxy) is 4. The summed E-state index contributed by atoms with van der Waals surface area (Å²) in [5.74, 6) is 3.76. The van der Waals surface area contributed by atoms with Crippen molar-refractivity contribution < 1.29 is 18.9 Å². The van der Waals surface area contributed by atoms with Gasteiger partial charge in [-0.1, -0.05) is 147 Å². The SMILES string of the molecule is CCCOc1c2cc(-c3ccc(C)cc3)cc1Cc1cc(-c3ccc(C)cc3)cc(c1OCCC)Cc1cc(-c3ccc(C)cc3)cc(c1OCCC)Cc1cc(-c3ccc(C)cc3)cc(c1OCCC)C2. The Bertz CT molecular complexity index is 2600. The molecule has 0 saturated carbocycles. The van der Waals surface area contributed by atoms with Crippen LogP contribution >= 0.6 is 0 Å². The van der Waals surface area contributed by atoms with Crippen molar-refractivity contribution in [2.24, 2.45) is 0 Å². The molecule has 4 nitrogen and oxygen atoms in total. The number of rotatable bonds is 16. The zero-order chi connectivity index (χ0) is 50.1. The normalized spacial score (nSPS) is 12.1. The van der Waals surface area contributed by atoms with Gasteiger partial charge in [0.05, 0.1) is 26.4 Å². The lowest BCUT2D eigenvalue weighted by molar-refractivity contribution is 0.304. The number of fused-ring (bicyclic) bond motifs is 8. The Morgan fingerprint density at radius 3 is 0.569 bits per heavy atom. The van der Waals surface area contributed by atoms with E-state index in [4.69, 9.17) is 18.9 Å². The van der Waals surface area contributed by atoms with Gasteiger partial charge >= 0.3 is 0 Å². The van der Waals surface area contributed by atoms with E-state index in [9.17, 15) is 0 Å². The van der Waals surface area contributed by atoms with E-state index >= 15 is 0 Å². The van der Waals surface area contributed by atoms with Gasteiger partial charge in [0.25, 0.3) is 0 Å². The van der Waals surface area contributed by atoms with Crippen LogP contribution in [0.2, 0.25) is 0 Å². The molecule has 0 N–H and O–H groups in total. The van der Waals surface area contributed by atoms with Crippen LogP contribution in [0.15, 0.2) is 146 Å². The summed E-state index contributed by atoms with van der Waals surface area (Å²) in [6.45, 7) is 19.8. The van der Waals surface area contributed by atoms with Gasteiger partial charge in [0.1, 0.15) is 23.0 Å².